The van der Waals surface area contributed by atoms with Crippen LogP contribution < -0.4 is 0 Å². The van der Waals surface area contributed by atoms with Crippen molar-refractivity contribution in [3.05, 3.63) is 53.6 Å². The molecule has 4 nitrogen and oxygen atoms in total. The average molecular weight is 238 g/mol. The lowest BCUT2D eigenvalue weighted by atomic mass is 10.2. The molecule has 1 N–H and O–H groups in total. The first-order valence-electron chi connectivity index (χ1n) is 4.75. The van der Waals surface area contributed by atoms with Gasteiger partial charge in [-0.15, -0.1) is 0 Å². The van der Waals surface area contributed by atoms with E-state index < -0.39 is 17.7 Å². The van der Waals surface area contributed by atoms with Crippen molar-refractivity contribution in [2.75, 3.05) is 0 Å². The Morgan fingerprint density at radius 2 is 2.18 bits per heavy atom. The number of carbonyl (C=O) groups is 1. The number of carboxylic acids is 1. The van der Waals surface area contributed by atoms with Gasteiger partial charge in [0.05, 0.1) is 0 Å². The molecule has 0 unspecified atom stereocenters. The second-order valence-corrected chi connectivity index (χ2v) is 3.46. The van der Waals surface area contributed by atoms with Crippen molar-refractivity contribution in [2.45, 2.75) is 6.54 Å². The van der Waals surface area contributed by atoms with Crippen LogP contribution in [0.4, 0.5) is 8.78 Å². The van der Waals surface area contributed by atoms with Crippen LogP contribution in [0.2, 0.25) is 0 Å². The Hall–Kier alpha value is -2.24. The highest BCUT2D eigenvalue weighted by molar-refractivity contribution is 5.85. The molecule has 0 amide bonds. The Morgan fingerprint density at radius 1 is 1.41 bits per heavy atom. The van der Waals surface area contributed by atoms with E-state index in [1.165, 1.54) is 22.9 Å². The molecule has 17 heavy (non-hydrogen) atoms. The fraction of sp³-hybridized carbons (Fsp3) is 0.0909. The zero-order chi connectivity index (χ0) is 12.4. The quantitative estimate of drug-likeness (QED) is 0.831. The van der Waals surface area contributed by atoms with Gasteiger partial charge in [-0.25, -0.2) is 14.2 Å². The van der Waals surface area contributed by atoms with Gasteiger partial charge in [-0.2, -0.15) is 4.39 Å². The van der Waals surface area contributed by atoms with Gasteiger partial charge < -0.3 is 9.67 Å². The zero-order valence-electron chi connectivity index (χ0n) is 8.60. The second kappa shape index (κ2) is 4.32. The molecule has 0 aliphatic heterocycles. The summed E-state index contributed by atoms with van der Waals surface area (Å²) in [4.78, 5) is 14.2. The Kier molecular flexibility index (Phi) is 2.86. The summed E-state index contributed by atoms with van der Waals surface area (Å²) in [6, 6.07) is 3.62. The summed E-state index contributed by atoms with van der Waals surface area (Å²) in [5.74, 6) is -2.53. The highest BCUT2D eigenvalue weighted by Crippen LogP contribution is 2.11. The highest BCUT2D eigenvalue weighted by Gasteiger charge is 2.12. The molecule has 0 fully saturated rings. The zero-order valence-corrected chi connectivity index (χ0v) is 8.60. The minimum Gasteiger partial charge on any atom is -0.477 e. The third-order valence-corrected chi connectivity index (χ3v) is 2.23. The van der Waals surface area contributed by atoms with Crippen LogP contribution in [-0.2, 0) is 6.54 Å². The molecule has 0 radical (unpaired) electrons. The van der Waals surface area contributed by atoms with Crippen molar-refractivity contribution in [3.8, 4) is 0 Å². The number of hydrogen-bond donors (Lipinski definition) is 1. The molecule has 0 saturated heterocycles. The first-order chi connectivity index (χ1) is 8.06. The van der Waals surface area contributed by atoms with Crippen molar-refractivity contribution >= 4 is 5.97 Å². The minimum atomic E-state index is -1.23. The molecule has 88 valence electrons. The van der Waals surface area contributed by atoms with Crippen LogP contribution in [-0.4, -0.2) is 20.6 Å². The molecule has 6 heteroatoms. The molecule has 2 aromatic rings. The third kappa shape index (κ3) is 2.47. The van der Waals surface area contributed by atoms with Gasteiger partial charge in [0.25, 0.3) is 0 Å². The van der Waals surface area contributed by atoms with Gasteiger partial charge >= 0.3 is 5.97 Å². The lowest BCUT2D eigenvalue weighted by molar-refractivity contribution is 0.0685. The second-order valence-electron chi connectivity index (χ2n) is 3.46. The number of nitrogens with zero attached hydrogens (tertiary/aromatic N) is 2. The molecule has 0 atom stereocenters. The van der Waals surface area contributed by atoms with Gasteiger partial charge in [0, 0.05) is 25.0 Å². The van der Waals surface area contributed by atoms with Crippen LogP contribution in [0.15, 0.2) is 30.6 Å². The predicted molar refractivity (Wildman–Crippen MR) is 54.6 cm³/mol. The summed E-state index contributed by atoms with van der Waals surface area (Å²) in [6.45, 7) is 0.0744. The summed E-state index contributed by atoms with van der Waals surface area (Å²) in [5, 5.41) is 8.84. The SMILES string of the molecule is O=C(O)c1cc(F)cn1Cc1ccnc(F)c1. The lowest BCUT2D eigenvalue weighted by Gasteiger charge is -2.05. The Balaban J connectivity index is 2.32. The van der Waals surface area contributed by atoms with E-state index in [1.54, 1.807) is 0 Å². The number of pyridine rings is 1. The van der Waals surface area contributed by atoms with E-state index in [0.29, 0.717) is 5.56 Å². The molecule has 2 heterocycles. The van der Waals surface area contributed by atoms with E-state index in [2.05, 4.69) is 4.98 Å². The van der Waals surface area contributed by atoms with Gasteiger partial charge in [0.1, 0.15) is 11.5 Å². The highest BCUT2D eigenvalue weighted by atomic mass is 19.1. The summed E-state index contributed by atoms with van der Waals surface area (Å²) in [7, 11) is 0. The summed E-state index contributed by atoms with van der Waals surface area (Å²) in [6.07, 6.45) is 2.33. The first kappa shape index (κ1) is 11.3. The van der Waals surface area contributed by atoms with Gasteiger partial charge in [-0.05, 0) is 17.7 Å². The van der Waals surface area contributed by atoms with Gasteiger partial charge in [-0.1, -0.05) is 0 Å². The molecule has 2 aromatic heterocycles. The lowest BCUT2D eigenvalue weighted by Crippen LogP contribution is -2.08. The largest absolute Gasteiger partial charge is 0.477 e. The maximum atomic E-state index is 13.0. The predicted octanol–water partition coefficient (Wildman–Crippen LogP) is 1.91. The van der Waals surface area contributed by atoms with Crippen LogP contribution in [0.1, 0.15) is 16.1 Å². The standard InChI is InChI=1S/C11H8F2N2O2/c12-8-4-9(11(16)17)15(6-8)5-7-1-2-14-10(13)3-7/h1-4,6H,5H2,(H,16,17). The van der Waals surface area contributed by atoms with E-state index in [9.17, 15) is 13.6 Å². The Labute approximate surface area is 95.1 Å². The fourth-order valence-electron chi connectivity index (χ4n) is 1.52. The molecule has 0 spiro atoms. The molecule has 0 saturated carbocycles. The van der Waals surface area contributed by atoms with Crippen LogP contribution in [0.3, 0.4) is 0 Å². The summed E-state index contributed by atoms with van der Waals surface area (Å²) < 4.78 is 27.0. The van der Waals surface area contributed by atoms with Crippen molar-refractivity contribution in [1.29, 1.82) is 0 Å². The topological polar surface area (TPSA) is 55.1 Å². The molecule has 0 aromatic carbocycles. The van der Waals surface area contributed by atoms with E-state index in [-0.39, 0.29) is 12.2 Å². The monoisotopic (exact) mass is 238 g/mol. The van der Waals surface area contributed by atoms with Gasteiger partial charge in [-0.3, -0.25) is 0 Å². The first-order valence-corrected chi connectivity index (χ1v) is 4.75. The Bertz CT molecular complexity index is 566. The maximum absolute atomic E-state index is 13.0. The number of aromatic nitrogens is 2. The van der Waals surface area contributed by atoms with Crippen LogP contribution in [0.5, 0.6) is 0 Å². The maximum Gasteiger partial charge on any atom is 0.352 e. The number of carboxylic acid groups (broad SMARTS) is 1. The van der Waals surface area contributed by atoms with Crippen LogP contribution in [0.25, 0.3) is 0 Å². The fourth-order valence-corrected chi connectivity index (χ4v) is 1.52. The van der Waals surface area contributed by atoms with Gasteiger partial charge in [0.2, 0.25) is 5.95 Å². The normalized spacial score (nSPS) is 10.5. The minimum absolute atomic E-state index is 0.0744. The molecule has 0 aliphatic carbocycles. The number of hydrogen-bond acceptors (Lipinski definition) is 2. The van der Waals surface area contributed by atoms with E-state index >= 15 is 0 Å². The number of rotatable bonds is 3. The average Bonchev–Trinajstić information content (AvgIpc) is 2.59. The van der Waals surface area contributed by atoms with Crippen molar-refractivity contribution < 1.29 is 18.7 Å². The van der Waals surface area contributed by atoms with E-state index in [0.717, 1.165) is 12.3 Å². The van der Waals surface area contributed by atoms with E-state index in [4.69, 9.17) is 5.11 Å². The molecular weight excluding hydrogens is 230 g/mol. The molecular formula is C11H8F2N2O2. The third-order valence-electron chi connectivity index (χ3n) is 2.23. The molecule has 0 bridgehead atoms. The van der Waals surface area contributed by atoms with Crippen molar-refractivity contribution in [3.63, 3.8) is 0 Å². The Morgan fingerprint density at radius 3 is 2.82 bits per heavy atom. The smallest absolute Gasteiger partial charge is 0.352 e. The summed E-state index contributed by atoms with van der Waals surface area (Å²) in [5.41, 5.74) is 0.329. The number of aromatic carboxylic acids is 1. The molecule has 0 aliphatic rings. The van der Waals surface area contributed by atoms with E-state index in [1.807, 2.05) is 0 Å². The van der Waals surface area contributed by atoms with Crippen molar-refractivity contribution in [2.24, 2.45) is 0 Å². The van der Waals surface area contributed by atoms with Crippen LogP contribution >= 0.6 is 0 Å². The van der Waals surface area contributed by atoms with Crippen LogP contribution in [0, 0.1) is 11.8 Å². The van der Waals surface area contributed by atoms with Gasteiger partial charge in [0.15, 0.2) is 0 Å². The molecule has 2 rings (SSSR count). The number of halogens is 2. The summed E-state index contributed by atoms with van der Waals surface area (Å²) >= 11 is 0. The van der Waals surface area contributed by atoms with Crippen molar-refractivity contribution in [1.82, 2.24) is 9.55 Å².